The summed E-state index contributed by atoms with van der Waals surface area (Å²) in [5.41, 5.74) is 2.56. The first kappa shape index (κ1) is 19.0. The number of rotatable bonds is 5. The molecule has 2 rings (SSSR count). The van der Waals surface area contributed by atoms with Gasteiger partial charge in [-0.15, -0.1) is 0 Å². The summed E-state index contributed by atoms with van der Waals surface area (Å²) >= 11 is 0. The highest BCUT2D eigenvalue weighted by molar-refractivity contribution is 7.89. The van der Waals surface area contributed by atoms with Gasteiger partial charge in [-0.2, -0.15) is 0 Å². The van der Waals surface area contributed by atoms with Gasteiger partial charge in [-0.25, -0.2) is 12.7 Å². The maximum atomic E-state index is 12.4. The molecule has 0 saturated heterocycles. The van der Waals surface area contributed by atoms with Crippen molar-refractivity contribution < 1.29 is 13.2 Å². The van der Waals surface area contributed by atoms with Gasteiger partial charge >= 0.3 is 0 Å². The monoisotopic (exact) mass is 361 g/mol. The van der Waals surface area contributed by atoms with Gasteiger partial charge in [0, 0.05) is 45.1 Å². The topological polar surface area (TPSA) is 69.7 Å². The molecule has 2 aromatic rings. The molecule has 134 valence electrons. The molecule has 0 spiro atoms. The van der Waals surface area contributed by atoms with E-state index in [-0.39, 0.29) is 10.8 Å². The number of anilines is 2. The Labute approximate surface area is 149 Å². The van der Waals surface area contributed by atoms with Gasteiger partial charge in [-0.05, 0) is 48.9 Å². The van der Waals surface area contributed by atoms with Crippen LogP contribution in [0.4, 0.5) is 11.4 Å². The van der Waals surface area contributed by atoms with Gasteiger partial charge in [0.05, 0.1) is 4.90 Å². The number of aryl methyl sites for hydroxylation is 1. The second kappa shape index (κ2) is 7.25. The molecule has 0 aliphatic rings. The summed E-state index contributed by atoms with van der Waals surface area (Å²) in [6.07, 6.45) is 0. The van der Waals surface area contributed by atoms with Gasteiger partial charge in [0.25, 0.3) is 5.91 Å². The van der Waals surface area contributed by atoms with E-state index >= 15 is 0 Å². The van der Waals surface area contributed by atoms with Crippen molar-refractivity contribution >= 4 is 27.3 Å². The molecular weight excluding hydrogens is 338 g/mol. The van der Waals surface area contributed by atoms with Gasteiger partial charge in [-0.1, -0.05) is 6.07 Å². The van der Waals surface area contributed by atoms with Crippen LogP contribution in [0.25, 0.3) is 0 Å². The summed E-state index contributed by atoms with van der Waals surface area (Å²) in [5, 5.41) is 2.75. The third kappa shape index (κ3) is 4.18. The molecule has 1 N–H and O–H groups in total. The fourth-order valence-corrected chi connectivity index (χ4v) is 3.41. The van der Waals surface area contributed by atoms with E-state index in [4.69, 9.17) is 0 Å². The molecule has 0 bridgehead atoms. The molecule has 1 amide bonds. The number of carbonyl (C=O) groups excluding carboxylic acids is 1. The first-order chi connectivity index (χ1) is 11.6. The van der Waals surface area contributed by atoms with Gasteiger partial charge < -0.3 is 10.2 Å². The molecule has 0 unspecified atom stereocenters. The Kier molecular flexibility index (Phi) is 5.49. The van der Waals surface area contributed by atoms with Crippen molar-refractivity contribution in [2.24, 2.45) is 0 Å². The van der Waals surface area contributed by atoms with E-state index in [1.54, 1.807) is 31.2 Å². The first-order valence-corrected chi connectivity index (χ1v) is 9.19. The predicted molar refractivity (Wildman–Crippen MR) is 101 cm³/mol. The highest BCUT2D eigenvalue weighted by atomic mass is 32.2. The summed E-state index contributed by atoms with van der Waals surface area (Å²) in [6, 6.07) is 12.0. The van der Waals surface area contributed by atoms with Crippen LogP contribution in [0.5, 0.6) is 0 Å². The largest absolute Gasteiger partial charge is 0.378 e. The average Bonchev–Trinajstić information content (AvgIpc) is 2.56. The maximum Gasteiger partial charge on any atom is 0.255 e. The Balaban J connectivity index is 2.27. The predicted octanol–water partition coefficient (Wildman–Crippen LogP) is 2.56. The standard InChI is InChI=1S/C18H23N3O3S/c1-13-6-9-15(12-17(13)25(23,24)21(4)5)19-18(22)14-7-10-16(11-8-14)20(2)3/h6-12H,1-5H3,(H,19,22). The van der Waals surface area contributed by atoms with E-state index in [0.717, 1.165) is 9.99 Å². The molecule has 0 aliphatic heterocycles. The number of nitrogens with one attached hydrogen (secondary N) is 1. The fourth-order valence-electron chi connectivity index (χ4n) is 2.27. The van der Waals surface area contributed by atoms with E-state index in [1.807, 2.05) is 31.1 Å². The number of hydrogen-bond donors (Lipinski definition) is 1. The average molecular weight is 361 g/mol. The smallest absolute Gasteiger partial charge is 0.255 e. The van der Waals surface area contributed by atoms with Crippen molar-refractivity contribution in [3.8, 4) is 0 Å². The first-order valence-electron chi connectivity index (χ1n) is 7.75. The van der Waals surface area contributed by atoms with Crippen molar-refractivity contribution in [3.63, 3.8) is 0 Å². The summed E-state index contributed by atoms with van der Waals surface area (Å²) in [5.74, 6) is -0.289. The van der Waals surface area contributed by atoms with Crippen molar-refractivity contribution in [1.82, 2.24) is 4.31 Å². The molecule has 25 heavy (non-hydrogen) atoms. The van der Waals surface area contributed by atoms with Gasteiger partial charge in [-0.3, -0.25) is 4.79 Å². The van der Waals surface area contributed by atoms with E-state index in [2.05, 4.69) is 5.32 Å². The van der Waals surface area contributed by atoms with Crippen LogP contribution in [0.2, 0.25) is 0 Å². The van der Waals surface area contributed by atoms with E-state index < -0.39 is 10.0 Å². The summed E-state index contributed by atoms with van der Waals surface area (Å²) in [7, 11) is 3.24. The molecule has 0 heterocycles. The number of carbonyl (C=O) groups is 1. The third-order valence-corrected chi connectivity index (χ3v) is 5.81. The van der Waals surface area contributed by atoms with Crippen molar-refractivity contribution in [1.29, 1.82) is 0 Å². The molecule has 6 nitrogen and oxygen atoms in total. The molecule has 0 saturated carbocycles. The van der Waals surface area contributed by atoms with Crippen LogP contribution in [-0.2, 0) is 10.0 Å². The minimum Gasteiger partial charge on any atom is -0.378 e. The van der Waals surface area contributed by atoms with Gasteiger partial charge in [0.2, 0.25) is 10.0 Å². The molecule has 0 aliphatic carbocycles. The van der Waals surface area contributed by atoms with Crippen LogP contribution in [0.3, 0.4) is 0 Å². The van der Waals surface area contributed by atoms with Crippen molar-refractivity contribution in [3.05, 3.63) is 53.6 Å². The van der Waals surface area contributed by atoms with E-state index in [1.165, 1.54) is 20.2 Å². The van der Waals surface area contributed by atoms with Crippen LogP contribution < -0.4 is 10.2 Å². The fraction of sp³-hybridized carbons (Fsp3) is 0.278. The van der Waals surface area contributed by atoms with Gasteiger partial charge in [0.1, 0.15) is 0 Å². The minimum atomic E-state index is -3.57. The second-order valence-electron chi connectivity index (χ2n) is 6.16. The van der Waals surface area contributed by atoms with E-state index in [9.17, 15) is 13.2 Å². The van der Waals surface area contributed by atoms with Crippen LogP contribution in [0.1, 0.15) is 15.9 Å². The molecule has 7 heteroatoms. The minimum absolute atomic E-state index is 0.179. The van der Waals surface area contributed by atoms with Crippen LogP contribution in [0.15, 0.2) is 47.4 Å². The lowest BCUT2D eigenvalue weighted by Crippen LogP contribution is -2.23. The highest BCUT2D eigenvalue weighted by Gasteiger charge is 2.20. The number of benzene rings is 2. The summed E-state index contributed by atoms with van der Waals surface area (Å²) < 4.78 is 25.9. The Morgan fingerprint density at radius 2 is 1.56 bits per heavy atom. The molecule has 0 atom stereocenters. The zero-order chi connectivity index (χ0) is 18.8. The van der Waals surface area contributed by atoms with Crippen LogP contribution >= 0.6 is 0 Å². The van der Waals surface area contributed by atoms with Crippen LogP contribution in [0, 0.1) is 6.92 Å². The summed E-state index contributed by atoms with van der Waals surface area (Å²) in [4.78, 5) is 14.5. The molecular formula is C18H23N3O3S. The van der Waals surface area contributed by atoms with Crippen molar-refractivity contribution in [2.45, 2.75) is 11.8 Å². The number of amides is 1. The van der Waals surface area contributed by atoms with E-state index in [0.29, 0.717) is 16.8 Å². The molecule has 0 radical (unpaired) electrons. The van der Waals surface area contributed by atoms with Crippen molar-refractivity contribution in [2.75, 3.05) is 38.4 Å². The Morgan fingerprint density at radius 1 is 0.960 bits per heavy atom. The molecule has 0 fully saturated rings. The zero-order valence-corrected chi connectivity index (χ0v) is 15.9. The normalized spacial score (nSPS) is 11.4. The number of hydrogen-bond acceptors (Lipinski definition) is 4. The lowest BCUT2D eigenvalue weighted by molar-refractivity contribution is 0.102. The number of sulfonamides is 1. The lowest BCUT2D eigenvalue weighted by Gasteiger charge is -2.15. The zero-order valence-electron chi connectivity index (χ0n) is 15.1. The molecule has 0 aromatic heterocycles. The maximum absolute atomic E-state index is 12.4. The highest BCUT2D eigenvalue weighted by Crippen LogP contribution is 2.23. The Hall–Kier alpha value is -2.38. The molecule has 2 aromatic carbocycles. The Morgan fingerprint density at radius 3 is 2.08 bits per heavy atom. The quantitative estimate of drug-likeness (QED) is 0.889. The Bertz CT molecular complexity index is 873. The summed E-state index contributed by atoms with van der Waals surface area (Å²) in [6.45, 7) is 1.72. The van der Waals surface area contributed by atoms with Gasteiger partial charge in [0.15, 0.2) is 0 Å². The lowest BCUT2D eigenvalue weighted by atomic mass is 10.1. The SMILES string of the molecule is Cc1ccc(NC(=O)c2ccc(N(C)C)cc2)cc1S(=O)(=O)N(C)C. The third-order valence-electron chi connectivity index (χ3n) is 3.85. The van der Waals surface area contributed by atoms with Crippen LogP contribution in [-0.4, -0.2) is 46.8 Å². The number of nitrogens with zero attached hydrogens (tertiary/aromatic N) is 2. The second-order valence-corrected chi connectivity index (χ2v) is 8.28.